The molecule has 0 saturated heterocycles. The van der Waals surface area contributed by atoms with E-state index in [4.69, 9.17) is 4.74 Å². The van der Waals surface area contributed by atoms with Gasteiger partial charge in [-0.05, 0) is 43.5 Å². The Morgan fingerprint density at radius 1 is 1.16 bits per heavy atom. The molecule has 0 unspecified atom stereocenters. The fraction of sp³-hybridized carbons (Fsp3) is 0.571. The quantitative estimate of drug-likeness (QED) is 0.772. The van der Waals surface area contributed by atoms with Crippen LogP contribution in [0.3, 0.4) is 0 Å². The minimum atomic E-state index is -3.13. The van der Waals surface area contributed by atoms with Gasteiger partial charge in [0.05, 0.1) is 5.75 Å². The highest BCUT2D eigenvalue weighted by Crippen LogP contribution is 2.16. The van der Waals surface area contributed by atoms with Crippen molar-refractivity contribution in [2.45, 2.75) is 27.2 Å². The summed E-state index contributed by atoms with van der Waals surface area (Å²) < 4.78 is 30.5. The number of likely N-dealkylation sites (N-methyl/N-ethyl adjacent to an activating group) is 1. The Morgan fingerprint density at radius 3 is 2.26 bits per heavy atom. The van der Waals surface area contributed by atoms with Gasteiger partial charge in [0.25, 0.3) is 0 Å². The maximum absolute atomic E-state index is 11.8. The van der Waals surface area contributed by atoms with Crippen LogP contribution in [0.1, 0.15) is 24.5 Å². The van der Waals surface area contributed by atoms with E-state index >= 15 is 0 Å². The molecule has 0 amide bonds. The Hall–Kier alpha value is -1.07. The predicted molar refractivity (Wildman–Crippen MR) is 78.1 cm³/mol. The molecule has 0 aliphatic rings. The third-order valence-corrected chi connectivity index (χ3v) is 4.86. The lowest BCUT2D eigenvalue weighted by atomic mass is 10.1. The number of nitrogens with zero attached hydrogens (tertiary/aromatic N) is 1. The van der Waals surface area contributed by atoms with Gasteiger partial charge in [-0.1, -0.05) is 13.0 Å². The van der Waals surface area contributed by atoms with Gasteiger partial charge in [0, 0.05) is 13.6 Å². The molecule has 0 heterocycles. The smallest absolute Gasteiger partial charge is 0.213 e. The van der Waals surface area contributed by atoms with Gasteiger partial charge in [0.2, 0.25) is 10.0 Å². The highest BCUT2D eigenvalue weighted by molar-refractivity contribution is 7.89. The summed E-state index contributed by atoms with van der Waals surface area (Å²) in [6.07, 6.45) is 0.630. The molecule has 4 nitrogen and oxygen atoms in total. The molecule has 1 aromatic carbocycles. The molecule has 0 saturated carbocycles. The zero-order valence-corrected chi connectivity index (χ0v) is 13.0. The van der Waals surface area contributed by atoms with Crippen LogP contribution in [0.4, 0.5) is 0 Å². The lowest BCUT2D eigenvalue weighted by Crippen LogP contribution is -2.32. The monoisotopic (exact) mass is 285 g/mol. The number of rotatable bonds is 7. The van der Waals surface area contributed by atoms with Crippen LogP contribution < -0.4 is 4.74 Å². The zero-order chi connectivity index (χ0) is 14.5. The second kappa shape index (κ2) is 6.91. The van der Waals surface area contributed by atoms with Crippen molar-refractivity contribution in [3.05, 3.63) is 29.3 Å². The first-order valence-corrected chi connectivity index (χ1v) is 8.11. The van der Waals surface area contributed by atoms with Crippen molar-refractivity contribution in [3.63, 3.8) is 0 Å². The average Bonchev–Trinajstić information content (AvgIpc) is 2.27. The fourth-order valence-electron chi connectivity index (χ4n) is 1.86. The van der Waals surface area contributed by atoms with Crippen LogP contribution >= 0.6 is 0 Å². The summed E-state index contributed by atoms with van der Waals surface area (Å²) in [6.45, 7) is 6.62. The molecule has 5 heteroatoms. The van der Waals surface area contributed by atoms with E-state index in [1.54, 1.807) is 7.05 Å². The molecule has 0 atom stereocenters. The molecule has 0 aliphatic carbocycles. The molecule has 19 heavy (non-hydrogen) atoms. The van der Waals surface area contributed by atoms with E-state index in [2.05, 4.69) is 6.07 Å². The second-order valence-corrected chi connectivity index (χ2v) is 7.00. The van der Waals surface area contributed by atoms with Gasteiger partial charge >= 0.3 is 0 Å². The van der Waals surface area contributed by atoms with Gasteiger partial charge in [0.1, 0.15) is 12.4 Å². The molecule has 0 N–H and O–H groups in total. The van der Waals surface area contributed by atoms with Crippen LogP contribution in [-0.2, 0) is 10.0 Å². The molecule has 108 valence electrons. The Labute approximate surface area is 116 Å². The Kier molecular flexibility index (Phi) is 5.82. The number of sulfonamides is 1. The number of hydrogen-bond acceptors (Lipinski definition) is 3. The van der Waals surface area contributed by atoms with Crippen molar-refractivity contribution in [1.82, 2.24) is 4.31 Å². The molecule has 0 bridgehead atoms. The first-order valence-electron chi connectivity index (χ1n) is 6.50. The SMILES string of the molecule is CCCS(=O)(=O)N(C)CCOc1cc(C)cc(C)c1. The number of aryl methyl sites for hydroxylation is 2. The maximum atomic E-state index is 11.8. The van der Waals surface area contributed by atoms with Crippen LogP contribution in [0.15, 0.2) is 18.2 Å². The molecule has 0 fully saturated rings. The standard InChI is InChI=1S/C14H23NO3S/c1-5-8-19(16,17)15(4)6-7-18-14-10-12(2)9-13(3)11-14/h9-11H,5-8H2,1-4H3. The largest absolute Gasteiger partial charge is 0.492 e. The minimum absolute atomic E-state index is 0.188. The van der Waals surface area contributed by atoms with Gasteiger partial charge < -0.3 is 4.74 Å². The van der Waals surface area contributed by atoms with E-state index in [0.29, 0.717) is 19.6 Å². The molecule has 0 spiro atoms. The summed E-state index contributed by atoms with van der Waals surface area (Å²) in [5, 5.41) is 0. The fourth-order valence-corrected chi connectivity index (χ4v) is 3.04. The summed E-state index contributed by atoms with van der Waals surface area (Å²) in [6, 6.07) is 5.98. The van der Waals surface area contributed by atoms with E-state index in [-0.39, 0.29) is 5.75 Å². The van der Waals surface area contributed by atoms with Gasteiger partial charge in [-0.15, -0.1) is 0 Å². The van der Waals surface area contributed by atoms with Crippen LogP contribution in [0.25, 0.3) is 0 Å². The number of benzene rings is 1. The normalized spacial score (nSPS) is 11.8. The lowest BCUT2D eigenvalue weighted by molar-refractivity contribution is 0.286. The molecule has 1 rings (SSSR count). The van der Waals surface area contributed by atoms with Crippen molar-refractivity contribution in [2.75, 3.05) is 26.0 Å². The molecule has 0 aliphatic heterocycles. The molecule has 0 radical (unpaired) electrons. The lowest BCUT2D eigenvalue weighted by Gasteiger charge is -2.17. The van der Waals surface area contributed by atoms with E-state index in [0.717, 1.165) is 16.9 Å². The summed E-state index contributed by atoms with van der Waals surface area (Å²) in [4.78, 5) is 0. The Balaban J connectivity index is 2.50. The first-order chi connectivity index (χ1) is 8.85. The van der Waals surface area contributed by atoms with Gasteiger partial charge in [0.15, 0.2) is 0 Å². The summed E-state index contributed by atoms with van der Waals surface area (Å²) in [7, 11) is -1.53. The van der Waals surface area contributed by atoms with Crippen LogP contribution in [0.5, 0.6) is 5.75 Å². The van der Waals surface area contributed by atoms with Gasteiger partial charge in [-0.25, -0.2) is 12.7 Å². The van der Waals surface area contributed by atoms with Crippen molar-refractivity contribution < 1.29 is 13.2 Å². The third-order valence-electron chi connectivity index (χ3n) is 2.81. The Bertz CT molecular complexity index is 491. The van der Waals surface area contributed by atoms with Crippen molar-refractivity contribution >= 4 is 10.0 Å². The molecular formula is C14H23NO3S. The molecule has 0 aromatic heterocycles. The van der Waals surface area contributed by atoms with Crippen molar-refractivity contribution in [3.8, 4) is 5.75 Å². The van der Waals surface area contributed by atoms with E-state index < -0.39 is 10.0 Å². The van der Waals surface area contributed by atoms with E-state index in [9.17, 15) is 8.42 Å². The van der Waals surface area contributed by atoms with Crippen LogP contribution in [0.2, 0.25) is 0 Å². The van der Waals surface area contributed by atoms with E-state index in [1.165, 1.54) is 4.31 Å². The molecule has 1 aromatic rings. The van der Waals surface area contributed by atoms with Crippen LogP contribution in [-0.4, -0.2) is 38.7 Å². The van der Waals surface area contributed by atoms with E-state index in [1.807, 2.05) is 32.9 Å². The zero-order valence-electron chi connectivity index (χ0n) is 12.1. The highest BCUT2D eigenvalue weighted by atomic mass is 32.2. The van der Waals surface area contributed by atoms with Crippen molar-refractivity contribution in [2.24, 2.45) is 0 Å². The Morgan fingerprint density at radius 2 is 1.74 bits per heavy atom. The number of ether oxygens (including phenoxy) is 1. The summed E-state index contributed by atoms with van der Waals surface area (Å²) in [5.41, 5.74) is 2.28. The topological polar surface area (TPSA) is 46.6 Å². The highest BCUT2D eigenvalue weighted by Gasteiger charge is 2.15. The first kappa shape index (κ1) is 16.0. The summed E-state index contributed by atoms with van der Waals surface area (Å²) in [5.74, 6) is 0.978. The maximum Gasteiger partial charge on any atom is 0.213 e. The van der Waals surface area contributed by atoms with Gasteiger partial charge in [-0.2, -0.15) is 0 Å². The van der Waals surface area contributed by atoms with Crippen LogP contribution in [0, 0.1) is 13.8 Å². The predicted octanol–water partition coefficient (Wildman–Crippen LogP) is 2.35. The summed E-state index contributed by atoms with van der Waals surface area (Å²) >= 11 is 0. The van der Waals surface area contributed by atoms with Crippen molar-refractivity contribution in [1.29, 1.82) is 0 Å². The number of hydrogen-bond donors (Lipinski definition) is 0. The van der Waals surface area contributed by atoms with Gasteiger partial charge in [-0.3, -0.25) is 0 Å². The second-order valence-electron chi connectivity index (χ2n) is 4.81. The third kappa shape index (κ3) is 5.20. The molecular weight excluding hydrogens is 262 g/mol. The minimum Gasteiger partial charge on any atom is -0.492 e. The average molecular weight is 285 g/mol.